The van der Waals surface area contributed by atoms with Gasteiger partial charge < -0.3 is 10.1 Å². The lowest BCUT2D eigenvalue weighted by atomic mass is 10.4. The summed E-state index contributed by atoms with van der Waals surface area (Å²) in [5.41, 5.74) is 0. The molecule has 0 amide bonds. The Balaban J connectivity index is 1.96. The van der Waals surface area contributed by atoms with Gasteiger partial charge >= 0.3 is 0 Å². The van der Waals surface area contributed by atoms with Gasteiger partial charge in [0, 0.05) is 32.7 Å². The van der Waals surface area contributed by atoms with Gasteiger partial charge in [0.2, 0.25) is 0 Å². The van der Waals surface area contributed by atoms with Crippen LogP contribution in [0, 0.1) is 6.54 Å². The highest BCUT2D eigenvalue weighted by Gasteiger charge is 2.08. The molecule has 3 heteroatoms. The van der Waals surface area contributed by atoms with Crippen LogP contribution in [-0.2, 0) is 4.74 Å². The largest absolute Gasteiger partial charge is 0.379 e. The molecule has 1 fully saturated rings. The lowest BCUT2D eigenvalue weighted by Crippen LogP contribution is -2.39. The van der Waals surface area contributed by atoms with E-state index in [1.807, 2.05) is 13.5 Å². The molecule has 1 aliphatic rings. The second-order valence-corrected chi connectivity index (χ2v) is 2.70. The summed E-state index contributed by atoms with van der Waals surface area (Å²) in [6.45, 7) is 10.2. The van der Waals surface area contributed by atoms with Crippen LogP contribution < -0.4 is 5.32 Å². The smallest absolute Gasteiger partial charge is 0.0594 e. The van der Waals surface area contributed by atoms with E-state index in [-0.39, 0.29) is 0 Å². The van der Waals surface area contributed by atoms with E-state index in [0.29, 0.717) is 0 Å². The van der Waals surface area contributed by atoms with Crippen molar-refractivity contribution in [1.29, 1.82) is 0 Å². The monoisotopic (exact) mass is 157 g/mol. The SMILES string of the molecule is C[CH]NCCN1CCOCC1. The molecule has 0 bridgehead atoms. The molecule has 1 N–H and O–H groups in total. The summed E-state index contributed by atoms with van der Waals surface area (Å²) in [4.78, 5) is 2.42. The van der Waals surface area contributed by atoms with Gasteiger partial charge in [0.15, 0.2) is 0 Å². The third kappa shape index (κ3) is 3.70. The fourth-order valence-electron chi connectivity index (χ4n) is 1.19. The molecule has 1 rings (SSSR count). The van der Waals surface area contributed by atoms with E-state index in [1.165, 1.54) is 0 Å². The molecule has 65 valence electrons. The highest BCUT2D eigenvalue weighted by atomic mass is 16.5. The quantitative estimate of drug-likeness (QED) is 0.585. The van der Waals surface area contributed by atoms with E-state index in [1.54, 1.807) is 0 Å². The van der Waals surface area contributed by atoms with Gasteiger partial charge in [-0.05, 0) is 6.92 Å². The minimum Gasteiger partial charge on any atom is -0.379 e. The van der Waals surface area contributed by atoms with E-state index in [0.717, 1.165) is 39.4 Å². The summed E-state index contributed by atoms with van der Waals surface area (Å²) < 4.78 is 5.24. The Morgan fingerprint density at radius 1 is 1.45 bits per heavy atom. The summed E-state index contributed by atoms with van der Waals surface area (Å²) in [7, 11) is 0. The Labute approximate surface area is 68.7 Å². The highest BCUT2D eigenvalue weighted by Crippen LogP contribution is 1.94. The van der Waals surface area contributed by atoms with Gasteiger partial charge in [-0.25, -0.2) is 0 Å². The molecule has 11 heavy (non-hydrogen) atoms. The Hall–Kier alpha value is -0.120. The number of nitrogens with zero attached hydrogens (tertiary/aromatic N) is 1. The topological polar surface area (TPSA) is 24.5 Å². The van der Waals surface area contributed by atoms with Crippen LogP contribution in [0.3, 0.4) is 0 Å². The van der Waals surface area contributed by atoms with E-state index < -0.39 is 0 Å². The van der Waals surface area contributed by atoms with Crippen molar-refractivity contribution in [3.63, 3.8) is 0 Å². The van der Waals surface area contributed by atoms with Crippen LogP contribution in [0.2, 0.25) is 0 Å². The van der Waals surface area contributed by atoms with Gasteiger partial charge in [0.05, 0.1) is 13.2 Å². The number of hydrogen-bond donors (Lipinski definition) is 1. The van der Waals surface area contributed by atoms with Crippen molar-refractivity contribution in [1.82, 2.24) is 10.2 Å². The molecule has 0 aliphatic carbocycles. The average molecular weight is 157 g/mol. The Kier molecular flexibility index (Phi) is 4.50. The van der Waals surface area contributed by atoms with Gasteiger partial charge in [0.25, 0.3) is 0 Å². The van der Waals surface area contributed by atoms with E-state index in [2.05, 4.69) is 10.2 Å². The van der Waals surface area contributed by atoms with Gasteiger partial charge in [-0.3, -0.25) is 4.90 Å². The molecule has 1 heterocycles. The molecule has 0 aromatic carbocycles. The Morgan fingerprint density at radius 2 is 2.18 bits per heavy atom. The van der Waals surface area contributed by atoms with Crippen molar-refractivity contribution >= 4 is 0 Å². The fourth-order valence-corrected chi connectivity index (χ4v) is 1.19. The van der Waals surface area contributed by atoms with Crippen LogP contribution in [0.1, 0.15) is 6.92 Å². The molecule has 0 spiro atoms. The predicted molar refractivity (Wildman–Crippen MR) is 45.2 cm³/mol. The van der Waals surface area contributed by atoms with Gasteiger partial charge in [-0.15, -0.1) is 0 Å². The first-order chi connectivity index (χ1) is 5.43. The molecule has 0 saturated carbocycles. The number of ether oxygens (including phenoxy) is 1. The third-order valence-electron chi connectivity index (χ3n) is 1.88. The summed E-state index contributed by atoms with van der Waals surface area (Å²) in [6.07, 6.45) is 0. The molecule has 0 aromatic rings. The standard InChI is InChI=1S/C8H17N2O/c1-2-9-3-4-10-5-7-11-8-6-10/h2,9H,3-8H2,1H3. The summed E-state index contributed by atoms with van der Waals surface area (Å²) >= 11 is 0. The van der Waals surface area contributed by atoms with Crippen LogP contribution in [-0.4, -0.2) is 44.3 Å². The van der Waals surface area contributed by atoms with Crippen molar-refractivity contribution in [3.8, 4) is 0 Å². The summed E-state index contributed by atoms with van der Waals surface area (Å²) in [5.74, 6) is 0. The lowest BCUT2D eigenvalue weighted by molar-refractivity contribution is 0.0387. The number of nitrogens with one attached hydrogen (secondary N) is 1. The summed E-state index contributed by atoms with van der Waals surface area (Å²) in [5, 5.41) is 3.19. The second kappa shape index (κ2) is 5.52. The molecule has 1 aliphatic heterocycles. The minimum absolute atomic E-state index is 0.899. The molecular weight excluding hydrogens is 140 g/mol. The first-order valence-corrected chi connectivity index (χ1v) is 4.25. The molecule has 1 radical (unpaired) electrons. The zero-order valence-electron chi connectivity index (χ0n) is 7.18. The van der Waals surface area contributed by atoms with Crippen LogP contribution in [0.25, 0.3) is 0 Å². The number of hydrogen-bond acceptors (Lipinski definition) is 3. The Bertz CT molecular complexity index is 92.1. The second-order valence-electron chi connectivity index (χ2n) is 2.70. The average Bonchev–Trinajstić information content (AvgIpc) is 2.07. The molecular formula is C8H17N2O. The molecule has 3 nitrogen and oxygen atoms in total. The molecule has 0 atom stereocenters. The van der Waals surface area contributed by atoms with Crippen molar-refractivity contribution in [2.45, 2.75) is 6.92 Å². The maximum Gasteiger partial charge on any atom is 0.0594 e. The van der Waals surface area contributed by atoms with Gasteiger partial charge in [-0.2, -0.15) is 0 Å². The van der Waals surface area contributed by atoms with Crippen molar-refractivity contribution in [2.75, 3.05) is 39.4 Å². The predicted octanol–water partition coefficient (Wildman–Crippen LogP) is 0.0899. The zero-order chi connectivity index (χ0) is 7.94. The van der Waals surface area contributed by atoms with E-state index in [4.69, 9.17) is 4.74 Å². The normalized spacial score (nSPS) is 20.5. The first-order valence-electron chi connectivity index (χ1n) is 4.25. The van der Waals surface area contributed by atoms with Gasteiger partial charge in [0.1, 0.15) is 0 Å². The summed E-state index contributed by atoms with van der Waals surface area (Å²) in [6, 6.07) is 0. The van der Waals surface area contributed by atoms with Crippen molar-refractivity contribution < 1.29 is 4.74 Å². The molecule has 1 saturated heterocycles. The molecule has 0 aromatic heterocycles. The van der Waals surface area contributed by atoms with Crippen molar-refractivity contribution in [2.24, 2.45) is 0 Å². The van der Waals surface area contributed by atoms with Crippen LogP contribution >= 0.6 is 0 Å². The van der Waals surface area contributed by atoms with Crippen LogP contribution in [0.5, 0.6) is 0 Å². The van der Waals surface area contributed by atoms with E-state index >= 15 is 0 Å². The maximum absolute atomic E-state index is 5.24. The fraction of sp³-hybridized carbons (Fsp3) is 0.875. The van der Waals surface area contributed by atoms with E-state index in [9.17, 15) is 0 Å². The van der Waals surface area contributed by atoms with Gasteiger partial charge in [-0.1, -0.05) is 0 Å². The van der Waals surface area contributed by atoms with Crippen LogP contribution in [0.4, 0.5) is 0 Å². The maximum atomic E-state index is 5.24. The Morgan fingerprint density at radius 3 is 2.82 bits per heavy atom. The van der Waals surface area contributed by atoms with Crippen molar-refractivity contribution in [3.05, 3.63) is 6.54 Å². The number of morpholine rings is 1. The highest BCUT2D eigenvalue weighted by molar-refractivity contribution is 4.64. The zero-order valence-corrected chi connectivity index (χ0v) is 7.18. The molecule has 0 unspecified atom stereocenters. The lowest BCUT2D eigenvalue weighted by Gasteiger charge is -2.26. The minimum atomic E-state index is 0.899. The van der Waals surface area contributed by atoms with Crippen LogP contribution in [0.15, 0.2) is 0 Å². The first kappa shape index (κ1) is 8.97. The third-order valence-corrected chi connectivity index (χ3v) is 1.88. The number of rotatable bonds is 4.